The number of rotatable bonds is 7. The number of nitro benzene ring substituents is 1. The standard InChI is InChI=1S/C21H20Cl2N4O3/c1-13-9-15(11-24-25-12-17-18(22)5-4-6-19(17)23)14(2)26(13)20-8-7-16(27(28)29)10-21(20)30-3/h4-11,25H,12H2,1-3H3/b24-11-. The summed E-state index contributed by atoms with van der Waals surface area (Å²) in [5.41, 5.74) is 7.18. The Morgan fingerprint density at radius 3 is 2.53 bits per heavy atom. The van der Waals surface area contributed by atoms with Crippen LogP contribution in [0.2, 0.25) is 10.0 Å². The molecule has 2 aromatic carbocycles. The molecule has 156 valence electrons. The van der Waals surface area contributed by atoms with Crippen LogP contribution < -0.4 is 10.2 Å². The molecule has 30 heavy (non-hydrogen) atoms. The highest BCUT2D eigenvalue weighted by atomic mass is 35.5. The fourth-order valence-corrected chi connectivity index (χ4v) is 3.73. The fourth-order valence-electron chi connectivity index (χ4n) is 3.19. The van der Waals surface area contributed by atoms with E-state index < -0.39 is 4.92 Å². The number of aryl methyl sites for hydroxylation is 1. The van der Waals surface area contributed by atoms with Gasteiger partial charge in [0.25, 0.3) is 5.69 Å². The Bertz CT molecular complexity index is 1110. The van der Waals surface area contributed by atoms with E-state index in [9.17, 15) is 10.1 Å². The summed E-state index contributed by atoms with van der Waals surface area (Å²) in [6, 6.07) is 11.9. The molecule has 0 amide bonds. The number of nitrogens with one attached hydrogen (secondary N) is 1. The van der Waals surface area contributed by atoms with E-state index in [0.717, 1.165) is 22.5 Å². The van der Waals surface area contributed by atoms with Gasteiger partial charge in [-0.05, 0) is 38.1 Å². The maximum atomic E-state index is 11.0. The van der Waals surface area contributed by atoms with Crippen LogP contribution in [0.4, 0.5) is 5.69 Å². The van der Waals surface area contributed by atoms with E-state index in [1.54, 1.807) is 30.5 Å². The Labute approximate surface area is 184 Å². The zero-order valence-electron chi connectivity index (χ0n) is 16.6. The summed E-state index contributed by atoms with van der Waals surface area (Å²) in [6.07, 6.45) is 1.71. The van der Waals surface area contributed by atoms with Crippen molar-refractivity contribution in [3.63, 3.8) is 0 Å². The van der Waals surface area contributed by atoms with Crippen LogP contribution in [0.5, 0.6) is 5.75 Å². The summed E-state index contributed by atoms with van der Waals surface area (Å²) in [5, 5.41) is 16.5. The zero-order valence-corrected chi connectivity index (χ0v) is 18.2. The first kappa shape index (κ1) is 21.7. The van der Waals surface area contributed by atoms with Crippen LogP contribution >= 0.6 is 23.2 Å². The van der Waals surface area contributed by atoms with E-state index in [1.807, 2.05) is 24.5 Å². The van der Waals surface area contributed by atoms with Gasteiger partial charge in [-0.2, -0.15) is 5.10 Å². The summed E-state index contributed by atoms with van der Waals surface area (Å²) in [4.78, 5) is 10.6. The molecule has 0 aliphatic carbocycles. The summed E-state index contributed by atoms with van der Waals surface area (Å²) in [5.74, 6) is 0.418. The molecule has 0 aliphatic heterocycles. The molecule has 0 unspecified atom stereocenters. The van der Waals surface area contributed by atoms with E-state index in [2.05, 4.69) is 10.5 Å². The number of methoxy groups -OCH3 is 1. The van der Waals surface area contributed by atoms with Crippen molar-refractivity contribution in [1.29, 1.82) is 0 Å². The maximum Gasteiger partial charge on any atom is 0.273 e. The van der Waals surface area contributed by atoms with Gasteiger partial charge in [-0.3, -0.25) is 10.1 Å². The molecular formula is C21H20Cl2N4O3. The molecule has 1 N–H and O–H groups in total. The quantitative estimate of drug-likeness (QED) is 0.297. The predicted octanol–water partition coefficient (Wildman–Crippen LogP) is 5.44. The Balaban J connectivity index is 1.84. The molecule has 1 aromatic heterocycles. The minimum atomic E-state index is -0.448. The topological polar surface area (TPSA) is 81.7 Å². The number of benzene rings is 2. The fraction of sp³-hybridized carbons (Fsp3) is 0.190. The van der Waals surface area contributed by atoms with E-state index in [1.165, 1.54) is 19.2 Å². The third-order valence-corrected chi connectivity index (χ3v) is 5.41. The van der Waals surface area contributed by atoms with E-state index >= 15 is 0 Å². The van der Waals surface area contributed by atoms with Crippen molar-refractivity contribution in [1.82, 2.24) is 9.99 Å². The van der Waals surface area contributed by atoms with E-state index in [-0.39, 0.29) is 5.69 Å². The number of hydrogen-bond acceptors (Lipinski definition) is 5. The smallest absolute Gasteiger partial charge is 0.273 e. The summed E-state index contributed by atoms with van der Waals surface area (Å²) < 4.78 is 7.35. The Hall–Kier alpha value is -3.03. The Kier molecular flexibility index (Phi) is 6.64. The molecule has 3 rings (SSSR count). The summed E-state index contributed by atoms with van der Waals surface area (Å²) >= 11 is 12.3. The van der Waals surface area contributed by atoms with E-state index in [4.69, 9.17) is 27.9 Å². The average molecular weight is 447 g/mol. The van der Waals surface area contributed by atoms with Gasteiger partial charge in [0.2, 0.25) is 0 Å². The number of nitrogens with zero attached hydrogens (tertiary/aromatic N) is 3. The number of aromatic nitrogens is 1. The lowest BCUT2D eigenvalue weighted by Gasteiger charge is -2.13. The van der Waals surface area contributed by atoms with Gasteiger partial charge < -0.3 is 14.7 Å². The first-order valence-electron chi connectivity index (χ1n) is 9.04. The second kappa shape index (κ2) is 9.19. The molecule has 0 fully saturated rings. The van der Waals surface area contributed by atoms with Crippen LogP contribution in [0.1, 0.15) is 22.5 Å². The van der Waals surface area contributed by atoms with Crippen molar-refractivity contribution in [2.24, 2.45) is 5.10 Å². The summed E-state index contributed by atoms with van der Waals surface area (Å²) in [6.45, 7) is 4.28. The summed E-state index contributed by atoms with van der Waals surface area (Å²) in [7, 11) is 1.49. The van der Waals surface area contributed by atoms with Crippen molar-refractivity contribution >= 4 is 35.1 Å². The average Bonchev–Trinajstić information content (AvgIpc) is 2.99. The van der Waals surface area contributed by atoms with Crippen molar-refractivity contribution in [2.45, 2.75) is 20.4 Å². The lowest BCUT2D eigenvalue weighted by molar-refractivity contribution is -0.384. The molecule has 0 aliphatic rings. The van der Waals surface area contributed by atoms with Crippen LogP contribution in [0.25, 0.3) is 5.69 Å². The first-order chi connectivity index (χ1) is 14.3. The molecule has 0 radical (unpaired) electrons. The molecule has 3 aromatic rings. The van der Waals surface area contributed by atoms with Crippen molar-refractivity contribution < 1.29 is 9.66 Å². The van der Waals surface area contributed by atoms with Gasteiger partial charge in [0.05, 0.1) is 36.5 Å². The highest BCUT2D eigenvalue weighted by Crippen LogP contribution is 2.31. The van der Waals surface area contributed by atoms with Gasteiger partial charge >= 0.3 is 0 Å². The van der Waals surface area contributed by atoms with Crippen molar-refractivity contribution in [2.75, 3.05) is 7.11 Å². The van der Waals surface area contributed by atoms with Crippen molar-refractivity contribution in [3.8, 4) is 11.4 Å². The molecular weight excluding hydrogens is 427 g/mol. The predicted molar refractivity (Wildman–Crippen MR) is 119 cm³/mol. The number of halogens is 2. The molecule has 0 saturated heterocycles. The van der Waals surface area contributed by atoms with E-state index in [0.29, 0.717) is 28.0 Å². The van der Waals surface area contributed by atoms with Crippen LogP contribution in [-0.4, -0.2) is 22.8 Å². The van der Waals surface area contributed by atoms with Gasteiger partial charge in [-0.1, -0.05) is 29.3 Å². The molecule has 0 spiro atoms. The highest BCUT2D eigenvalue weighted by molar-refractivity contribution is 6.35. The number of hydrazone groups is 1. The maximum absolute atomic E-state index is 11.0. The third kappa shape index (κ3) is 4.42. The molecule has 7 nitrogen and oxygen atoms in total. The van der Waals surface area contributed by atoms with Gasteiger partial charge in [-0.15, -0.1) is 0 Å². The van der Waals surface area contributed by atoms with Gasteiger partial charge in [0.15, 0.2) is 0 Å². The highest BCUT2D eigenvalue weighted by Gasteiger charge is 2.17. The SMILES string of the molecule is COc1cc([N+](=O)[O-])ccc1-n1c(C)cc(/C=N\NCc2c(Cl)cccc2Cl)c1C. The minimum Gasteiger partial charge on any atom is -0.494 e. The first-order valence-corrected chi connectivity index (χ1v) is 9.79. The normalized spacial score (nSPS) is 11.1. The lowest BCUT2D eigenvalue weighted by atomic mass is 10.2. The number of non-ortho nitro benzene ring substituents is 1. The number of ether oxygens (including phenoxy) is 1. The number of nitro groups is 1. The van der Waals surface area contributed by atoms with Crippen molar-refractivity contribution in [3.05, 3.63) is 85.1 Å². The Morgan fingerprint density at radius 1 is 1.20 bits per heavy atom. The van der Waals surface area contributed by atoms with Crippen LogP contribution in [0.3, 0.4) is 0 Å². The van der Waals surface area contributed by atoms with Gasteiger partial charge in [-0.25, -0.2) is 0 Å². The van der Waals surface area contributed by atoms with Crippen LogP contribution in [0.15, 0.2) is 47.6 Å². The van der Waals surface area contributed by atoms with Gasteiger partial charge in [0, 0.05) is 38.6 Å². The number of hydrogen-bond donors (Lipinski definition) is 1. The second-order valence-electron chi connectivity index (χ2n) is 6.57. The molecule has 9 heteroatoms. The second-order valence-corrected chi connectivity index (χ2v) is 7.38. The monoisotopic (exact) mass is 446 g/mol. The van der Waals surface area contributed by atoms with Crippen LogP contribution in [-0.2, 0) is 6.54 Å². The molecule has 0 atom stereocenters. The molecule has 0 saturated carbocycles. The van der Waals surface area contributed by atoms with Gasteiger partial charge in [0.1, 0.15) is 5.75 Å². The molecule has 0 bridgehead atoms. The van der Waals surface area contributed by atoms with Crippen LogP contribution in [0, 0.1) is 24.0 Å². The lowest BCUT2D eigenvalue weighted by Crippen LogP contribution is -2.07. The Morgan fingerprint density at radius 2 is 1.90 bits per heavy atom. The molecule has 1 heterocycles. The minimum absolute atomic E-state index is 0.0257. The zero-order chi connectivity index (χ0) is 21.8. The largest absolute Gasteiger partial charge is 0.494 e. The third-order valence-electron chi connectivity index (χ3n) is 4.70.